The Balaban J connectivity index is 1.27. The van der Waals surface area contributed by atoms with Gasteiger partial charge in [0.2, 0.25) is 0 Å². The first-order valence-corrected chi connectivity index (χ1v) is 12.1. The highest BCUT2D eigenvalue weighted by Gasteiger charge is 2.76. The predicted molar refractivity (Wildman–Crippen MR) is 129 cm³/mol. The van der Waals surface area contributed by atoms with Crippen molar-refractivity contribution in [1.29, 1.82) is 0 Å². The van der Waals surface area contributed by atoms with E-state index in [4.69, 9.17) is 12.2 Å². The lowest BCUT2D eigenvalue weighted by molar-refractivity contribution is -0.00993. The monoisotopic (exact) mass is 433 g/mol. The van der Waals surface area contributed by atoms with E-state index < -0.39 is 0 Å². The second-order valence-electron chi connectivity index (χ2n) is 9.66. The van der Waals surface area contributed by atoms with E-state index in [9.17, 15) is 0 Å². The first kappa shape index (κ1) is 19.6. The molecule has 162 valence electrons. The summed E-state index contributed by atoms with van der Waals surface area (Å²) in [4.78, 5) is 7.35. The molecular formula is C25H31N5S. The van der Waals surface area contributed by atoms with E-state index in [1.54, 1.807) is 0 Å². The summed E-state index contributed by atoms with van der Waals surface area (Å²) < 4.78 is 0. The predicted octanol–water partition coefficient (Wildman–Crippen LogP) is 3.14. The highest BCUT2D eigenvalue weighted by atomic mass is 32.1. The van der Waals surface area contributed by atoms with Crippen LogP contribution in [0, 0.1) is 11.8 Å². The van der Waals surface area contributed by atoms with Crippen LogP contribution >= 0.6 is 12.2 Å². The molecule has 1 aliphatic carbocycles. The smallest absolute Gasteiger partial charge is 0.166 e. The molecule has 4 fully saturated rings. The molecule has 3 aliphatic heterocycles. The van der Waals surface area contributed by atoms with E-state index in [-0.39, 0.29) is 6.04 Å². The maximum atomic E-state index is 5.78. The summed E-state index contributed by atoms with van der Waals surface area (Å²) in [6.45, 7) is 7.30. The van der Waals surface area contributed by atoms with Gasteiger partial charge in [0.1, 0.15) is 0 Å². The van der Waals surface area contributed by atoms with Crippen LogP contribution < -0.4 is 16.0 Å². The number of nitrogens with one attached hydrogen (secondary N) is 3. The number of thiocarbonyl (C=S) groups is 1. The lowest BCUT2D eigenvalue weighted by Gasteiger charge is -2.52. The largest absolute Gasteiger partial charge is 0.361 e. The molecule has 1 spiro atoms. The standard InChI is InChI=1S/C25H31N5S/c1-2-19-20-10-13-30-22(14-25(19,20)30)23(29-24(31)28-15-16-6-5-11-26-16)18-9-12-27-21-8-4-3-7-17(18)21/h2-4,7-9,12,16,19-20,22-23,26H,1,5-6,10-11,13-15H2,(H2,28,29,31)/t16-,19?,20?,22?,23-,25?/m0/s1. The number of fused-ring (bicyclic) bond motifs is 1. The fourth-order valence-corrected chi connectivity index (χ4v) is 7.05. The normalized spacial score (nSPS) is 34.5. The maximum absolute atomic E-state index is 5.78. The van der Waals surface area contributed by atoms with Crippen molar-refractivity contribution in [3.63, 3.8) is 0 Å². The number of aromatic nitrogens is 1. The summed E-state index contributed by atoms with van der Waals surface area (Å²) >= 11 is 5.78. The first-order chi connectivity index (χ1) is 15.2. The minimum Gasteiger partial charge on any atom is -0.361 e. The SMILES string of the molecule is C=CC1C2CCN3C([C@@H](NC(=S)NC[C@@H]4CCCN4)c4ccnc5ccccc45)CC123. The number of nitrogens with zero attached hydrogens (tertiary/aromatic N) is 2. The zero-order valence-electron chi connectivity index (χ0n) is 17.9. The van der Waals surface area contributed by atoms with Gasteiger partial charge in [-0.25, -0.2) is 0 Å². The second kappa shape index (κ2) is 7.54. The number of benzene rings is 1. The molecule has 2 aromatic rings. The van der Waals surface area contributed by atoms with Crippen molar-refractivity contribution in [2.75, 3.05) is 19.6 Å². The third kappa shape index (κ3) is 3.03. The Kier molecular flexibility index (Phi) is 4.78. The zero-order chi connectivity index (χ0) is 21.0. The highest BCUT2D eigenvalue weighted by Crippen LogP contribution is 2.71. The minimum absolute atomic E-state index is 0.153. The fraction of sp³-hybridized carbons (Fsp3) is 0.520. The highest BCUT2D eigenvalue weighted by molar-refractivity contribution is 7.80. The molecule has 3 saturated heterocycles. The Bertz CT molecular complexity index is 1010. The average molecular weight is 434 g/mol. The molecule has 1 saturated carbocycles. The molecule has 31 heavy (non-hydrogen) atoms. The van der Waals surface area contributed by atoms with Crippen LogP contribution in [-0.2, 0) is 0 Å². The number of pyridine rings is 1. The molecule has 4 aliphatic rings. The number of rotatable bonds is 6. The maximum Gasteiger partial charge on any atom is 0.166 e. The van der Waals surface area contributed by atoms with Gasteiger partial charge in [0.05, 0.1) is 11.6 Å². The van der Waals surface area contributed by atoms with Crippen molar-refractivity contribution < 1.29 is 0 Å². The van der Waals surface area contributed by atoms with Crippen LogP contribution in [0.2, 0.25) is 0 Å². The molecule has 5 nitrogen and oxygen atoms in total. The van der Waals surface area contributed by atoms with Gasteiger partial charge in [-0.2, -0.15) is 0 Å². The van der Waals surface area contributed by atoms with E-state index in [1.807, 2.05) is 6.20 Å². The van der Waals surface area contributed by atoms with Gasteiger partial charge in [-0.15, -0.1) is 6.58 Å². The van der Waals surface area contributed by atoms with Crippen LogP contribution in [-0.4, -0.2) is 52.3 Å². The lowest BCUT2D eigenvalue weighted by atomic mass is 9.81. The molecule has 1 aromatic carbocycles. The number of para-hydroxylation sites is 1. The molecule has 6 atom stereocenters. The lowest BCUT2D eigenvalue weighted by Crippen LogP contribution is -2.62. The molecule has 6 heteroatoms. The van der Waals surface area contributed by atoms with Gasteiger partial charge in [0.15, 0.2) is 5.11 Å². The Morgan fingerprint density at radius 1 is 1.35 bits per heavy atom. The number of hydrogen-bond donors (Lipinski definition) is 3. The first-order valence-electron chi connectivity index (χ1n) is 11.7. The van der Waals surface area contributed by atoms with Crippen LogP contribution in [0.5, 0.6) is 0 Å². The Labute approximate surface area is 189 Å². The summed E-state index contributed by atoms with van der Waals surface area (Å²) in [5, 5.41) is 12.7. The molecule has 0 bridgehead atoms. The van der Waals surface area contributed by atoms with Gasteiger partial charge >= 0.3 is 0 Å². The Morgan fingerprint density at radius 2 is 2.26 bits per heavy atom. The summed E-state index contributed by atoms with van der Waals surface area (Å²) in [6, 6.07) is 11.8. The van der Waals surface area contributed by atoms with E-state index >= 15 is 0 Å². The van der Waals surface area contributed by atoms with Crippen molar-refractivity contribution in [3.8, 4) is 0 Å². The number of piperidine rings is 1. The van der Waals surface area contributed by atoms with E-state index in [2.05, 4.69) is 68.8 Å². The summed E-state index contributed by atoms with van der Waals surface area (Å²) in [7, 11) is 0. The zero-order valence-corrected chi connectivity index (χ0v) is 18.7. The molecular weight excluding hydrogens is 402 g/mol. The summed E-state index contributed by atoms with van der Waals surface area (Å²) in [5.74, 6) is 1.49. The van der Waals surface area contributed by atoms with Crippen molar-refractivity contribution in [3.05, 3.63) is 54.7 Å². The molecule has 3 N–H and O–H groups in total. The van der Waals surface area contributed by atoms with Gasteiger partial charge in [-0.1, -0.05) is 24.3 Å². The summed E-state index contributed by atoms with van der Waals surface area (Å²) in [5.41, 5.74) is 2.73. The van der Waals surface area contributed by atoms with Gasteiger partial charge < -0.3 is 16.0 Å². The van der Waals surface area contributed by atoms with Crippen LogP contribution in [0.15, 0.2) is 49.2 Å². The van der Waals surface area contributed by atoms with Crippen LogP contribution in [0.1, 0.15) is 37.3 Å². The van der Waals surface area contributed by atoms with Crippen LogP contribution in [0.4, 0.5) is 0 Å². The van der Waals surface area contributed by atoms with Gasteiger partial charge in [-0.3, -0.25) is 9.88 Å². The van der Waals surface area contributed by atoms with Crippen LogP contribution in [0.25, 0.3) is 10.9 Å². The Morgan fingerprint density at radius 3 is 3.06 bits per heavy atom. The van der Waals surface area contributed by atoms with Gasteiger partial charge in [0.25, 0.3) is 0 Å². The van der Waals surface area contributed by atoms with Crippen molar-refractivity contribution in [1.82, 2.24) is 25.8 Å². The van der Waals surface area contributed by atoms with Gasteiger partial charge in [-0.05, 0) is 80.5 Å². The van der Waals surface area contributed by atoms with Crippen molar-refractivity contribution in [2.24, 2.45) is 11.8 Å². The molecule has 4 heterocycles. The third-order valence-corrected chi connectivity index (χ3v) is 8.57. The van der Waals surface area contributed by atoms with E-state index in [0.29, 0.717) is 23.5 Å². The molecule has 0 amide bonds. The number of hydrogen-bond acceptors (Lipinski definition) is 4. The quantitative estimate of drug-likeness (QED) is 0.481. The van der Waals surface area contributed by atoms with Gasteiger partial charge in [0, 0.05) is 35.8 Å². The van der Waals surface area contributed by atoms with Crippen molar-refractivity contribution in [2.45, 2.75) is 49.3 Å². The topological polar surface area (TPSA) is 52.2 Å². The van der Waals surface area contributed by atoms with Crippen LogP contribution in [0.3, 0.4) is 0 Å². The van der Waals surface area contributed by atoms with E-state index in [0.717, 1.165) is 29.6 Å². The Hall–Kier alpha value is -2.02. The average Bonchev–Trinajstić information content (AvgIpc) is 3.05. The molecule has 4 unspecified atom stereocenters. The van der Waals surface area contributed by atoms with E-state index in [1.165, 1.54) is 43.2 Å². The molecule has 1 aromatic heterocycles. The molecule has 0 radical (unpaired) electrons. The molecule has 6 rings (SSSR count). The summed E-state index contributed by atoms with van der Waals surface area (Å²) in [6.07, 6.45) is 9.12. The second-order valence-corrected chi connectivity index (χ2v) is 10.1. The minimum atomic E-state index is 0.153. The third-order valence-electron chi connectivity index (χ3n) is 8.31. The fourth-order valence-electron chi connectivity index (χ4n) is 6.84. The van der Waals surface area contributed by atoms with Crippen molar-refractivity contribution >= 4 is 28.2 Å².